The second-order valence-corrected chi connectivity index (χ2v) is 28.4. The summed E-state index contributed by atoms with van der Waals surface area (Å²) in [5.74, 6) is -0.383. The van der Waals surface area contributed by atoms with Crippen LogP contribution in [0.25, 0.3) is 0 Å². The van der Waals surface area contributed by atoms with Crippen molar-refractivity contribution in [3.05, 3.63) is 11.6 Å². The van der Waals surface area contributed by atoms with Crippen molar-refractivity contribution in [3.63, 3.8) is 0 Å². The molecule has 4 aliphatic carbocycles. The van der Waals surface area contributed by atoms with Crippen LogP contribution in [0.1, 0.15) is 114 Å². The Labute approximate surface area is 500 Å². The SMILES string of the molecule is CC(C)C[C@@H]1O[C@H]1[C@](C)(O)[C@@H]1CCC2C3CC(O[C@@H]4OC(CO)[C@@H](O)C(O[C@@H]5OC(C)[C@@H](O[C@@H]6OC(C)[C@@H](O)C(O)C6O[C@@H]6OC(C)[C@H](O)C(O)C6O)C(O)C5O[C@@H]5OC(C)[C@@H](O)C(O)C5O)C4O)C4C[C@@H](OS(=O)(=O)O)CC[C@]4(C)C3=CC[C@@]21C. The van der Waals surface area contributed by atoms with Gasteiger partial charge in [0.2, 0.25) is 0 Å². The Morgan fingerprint density at radius 3 is 1.67 bits per heavy atom. The molecule has 10 aliphatic rings. The van der Waals surface area contributed by atoms with Crippen LogP contribution < -0.4 is 0 Å². The van der Waals surface area contributed by atoms with Gasteiger partial charge in [0.05, 0.1) is 54.9 Å². The third-order valence-electron chi connectivity index (χ3n) is 21.2. The highest BCUT2D eigenvalue weighted by molar-refractivity contribution is 7.80. The predicted octanol–water partition coefficient (Wildman–Crippen LogP) is -2.48. The number of aliphatic hydroxyl groups excluding tert-OH is 12. The quantitative estimate of drug-likeness (QED) is 0.0407. The number of ether oxygens (including phenoxy) is 11. The lowest BCUT2D eigenvalue weighted by atomic mass is 9.47. The van der Waals surface area contributed by atoms with Crippen LogP contribution in [0, 0.1) is 40.4 Å². The van der Waals surface area contributed by atoms with Gasteiger partial charge in [-0.3, -0.25) is 4.55 Å². The van der Waals surface area contributed by atoms with Crippen LogP contribution in [0.2, 0.25) is 0 Å². The number of aliphatic hydroxyl groups is 13. The zero-order valence-electron chi connectivity index (χ0n) is 50.0. The predicted molar refractivity (Wildman–Crippen MR) is 289 cm³/mol. The Balaban J connectivity index is 0.929. The molecule has 6 saturated heterocycles. The number of rotatable bonds is 17. The van der Waals surface area contributed by atoms with Crippen molar-refractivity contribution in [1.82, 2.24) is 0 Å². The molecule has 6 heterocycles. The van der Waals surface area contributed by atoms with E-state index in [4.69, 9.17) is 56.3 Å². The highest BCUT2D eigenvalue weighted by atomic mass is 32.3. The molecule has 3 saturated carbocycles. The van der Waals surface area contributed by atoms with Gasteiger partial charge < -0.3 is 118 Å². The van der Waals surface area contributed by atoms with Crippen LogP contribution >= 0.6 is 0 Å². The Morgan fingerprint density at radius 1 is 0.581 bits per heavy atom. The molecule has 0 aromatic rings. The molecule has 14 N–H and O–H groups in total. The van der Waals surface area contributed by atoms with Crippen LogP contribution in [0.5, 0.6) is 0 Å². The van der Waals surface area contributed by atoms with Crippen LogP contribution in [0.15, 0.2) is 11.6 Å². The summed E-state index contributed by atoms with van der Waals surface area (Å²) in [7, 11) is -4.89. The molecular weight excluding hydrogens is 1160 g/mol. The van der Waals surface area contributed by atoms with Crippen LogP contribution in [0.4, 0.5) is 0 Å². The molecule has 10 rings (SSSR count). The Kier molecular flexibility index (Phi) is 20.0. The molecule has 0 bridgehead atoms. The lowest BCUT2D eigenvalue weighted by Crippen LogP contribution is -2.68. The second kappa shape index (κ2) is 25.5. The van der Waals surface area contributed by atoms with Gasteiger partial charge in [-0.1, -0.05) is 39.3 Å². The number of hydrogen-bond donors (Lipinski definition) is 14. The number of fused-ring (bicyclic) bond motifs is 5. The standard InChI is InChI=1S/C57H94O28S/c1-20(2)16-31-49(78-31)57(9,70)33-11-10-27-26-18-30(29-17-25(85-86(71,72)73)12-14-55(29,7)28(26)13-15-56(27,33)8)79-52-44(69)46(37(62)32(19-58)80-52)82-54-48(84-51-42(67)39(64)35(60)22(4)75-51)43(68)45(24(6)77-54)81-53-47(40(65)36(61)23(5)76-53)83-50-41(66)38(63)34(59)21(3)74-50/h13,20-27,29-54,58-70H,10-12,14-19H2,1-9H3,(H,71,72,73)/t21?,22?,23?,24?,25-,26?,27?,29?,30?,31-,32?,33+,34-,35+,36+,37+,38?,39?,40?,41?,42?,43?,44?,45+,46?,47?,48?,49+,50-,51-,52+,53-,54-,55+,56-,57+/m0/s1. The summed E-state index contributed by atoms with van der Waals surface area (Å²) in [4.78, 5) is 0. The first-order valence-electron chi connectivity index (χ1n) is 30.6. The molecule has 6 aliphatic heterocycles. The fraction of sp³-hybridized carbons (Fsp3) is 0.965. The second-order valence-electron chi connectivity index (χ2n) is 27.4. The lowest BCUT2D eigenvalue weighted by Gasteiger charge is -2.60. The van der Waals surface area contributed by atoms with Gasteiger partial charge in [-0.25, -0.2) is 4.18 Å². The smallest absolute Gasteiger partial charge is 0.394 e. The van der Waals surface area contributed by atoms with Gasteiger partial charge in [-0.2, -0.15) is 8.42 Å². The third-order valence-corrected chi connectivity index (χ3v) is 21.8. The van der Waals surface area contributed by atoms with Crippen molar-refractivity contribution in [3.8, 4) is 0 Å². The van der Waals surface area contributed by atoms with E-state index in [1.165, 1.54) is 33.3 Å². The highest BCUT2D eigenvalue weighted by Gasteiger charge is 2.67. The first-order chi connectivity index (χ1) is 40.2. The summed E-state index contributed by atoms with van der Waals surface area (Å²) in [5, 5.41) is 147. The largest absolute Gasteiger partial charge is 0.397 e. The molecule has 36 atom stereocenters. The molecular formula is C57H94O28S. The molecule has 0 radical (unpaired) electrons. The molecule has 0 spiro atoms. The van der Waals surface area contributed by atoms with E-state index < -0.39 is 200 Å². The van der Waals surface area contributed by atoms with Crippen molar-refractivity contribution in [2.24, 2.45) is 40.4 Å². The maximum absolute atomic E-state index is 12.5. The van der Waals surface area contributed by atoms with Gasteiger partial charge in [-0.15, -0.1) is 0 Å². The van der Waals surface area contributed by atoms with E-state index in [9.17, 15) is 79.4 Å². The Morgan fingerprint density at radius 2 is 1.10 bits per heavy atom. The van der Waals surface area contributed by atoms with E-state index >= 15 is 0 Å². The Hall–Kier alpha value is -1.35. The number of hydrogen-bond acceptors (Lipinski definition) is 27. The minimum Gasteiger partial charge on any atom is -0.394 e. The fourth-order valence-electron chi connectivity index (χ4n) is 16.4. The van der Waals surface area contributed by atoms with E-state index in [0.717, 1.165) is 19.3 Å². The maximum Gasteiger partial charge on any atom is 0.397 e. The van der Waals surface area contributed by atoms with Crippen molar-refractivity contribution in [2.45, 2.75) is 297 Å². The first kappa shape index (κ1) is 67.5. The topological polar surface area (TPSA) is 431 Å². The molecule has 0 aromatic carbocycles. The van der Waals surface area contributed by atoms with Gasteiger partial charge >= 0.3 is 10.4 Å². The summed E-state index contributed by atoms with van der Waals surface area (Å²) in [6.45, 7) is 15.1. The maximum atomic E-state index is 12.5. The molecule has 29 heteroatoms. The van der Waals surface area contributed by atoms with Gasteiger partial charge in [0.15, 0.2) is 31.5 Å². The van der Waals surface area contributed by atoms with E-state index in [-0.39, 0.29) is 48.2 Å². The number of allylic oxidation sites excluding steroid dienone is 2. The first-order valence-corrected chi connectivity index (χ1v) is 31.9. The van der Waals surface area contributed by atoms with E-state index in [2.05, 4.69) is 33.8 Å². The zero-order chi connectivity index (χ0) is 62.8. The summed E-state index contributed by atoms with van der Waals surface area (Å²) in [5.41, 5.74) is -1.01. The van der Waals surface area contributed by atoms with E-state index in [0.29, 0.717) is 25.2 Å². The van der Waals surface area contributed by atoms with Crippen molar-refractivity contribution >= 4 is 10.4 Å². The lowest BCUT2D eigenvalue weighted by molar-refractivity contribution is -0.406. The molecule has 28 nitrogen and oxygen atoms in total. The molecule has 0 aromatic heterocycles. The van der Waals surface area contributed by atoms with E-state index in [1.807, 2.05) is 6.92 Å². The molecule has 9 fully saturated rings. The highest BCUT2D eigenvalue weighted by Crippen LogP contribution is 2.68. The fourth-order valence-corrected chi connectivity index (χ4v) is 17.0. The van der Waals surface area contributed by atoms with Crippen LogP contribution in [-0.2, 0) is 66.7 Å². The Bertz CT molecular complexity index is 2460. The molecule has 0 amide bonds. The monoisotopic (exact) mass is 1260 g/mol. The van der Waals surface area contributed by atoms with Gasteiger partial charge in [-0.05, 0) is 126 Å². The number of epoxide rings is 1. The minimum absolute atomic E-state index is 0.0349. The molecule has 19 unspecified atom stereocenters. The van der Waals surface area contributed by atoms with Gasteiger partial charge in [0, 0.05) is 0 Å². The summed E-state index contributed by atoms with van der Waals surface area (Å²) in [6.07, 6.45) is -38.0. The average molecular weight is 1260 g/mol. The van der Waals surface area contributed by atoms with Gasteiger partial charge in [0.25, 0.3) is 0 Å². The minimum atomic E-state index is -4.89. The van der Waals surface area contributed by atoms with Crippen molar-refractivity contribution in [2.75, 3.05) is 6.61 Å². The third kappa shape index (κ3) is 12.7. The normalized spacial score (nSPS) is 54.1. The molecule has 496 valence electrons. The van der Waals surface area contributed by atoms with Gasteiger partial charge in [0.1, 0.15) is 104 Å². The summed E-state index contributed by atoms with van der Waals surface area (Å²) >= 11 is 0. The van der Waals surface area contributed by atoms with E-state index in [1.54, 1.807) is 0 Å². The van der Waals surface area contributed by atoms with Crippen LogP contribution in [-0.4, -0.2) is 270 Å². The average Bonchev–Trinajstić information content (AvgIpc) is 1.37. The summed E-state index contributed by atoms with van der Waals surface area (Å²) < 4.78 is 107. The van der Waals surface area contributed by atoms with Crippen molar-refractivity contribution in [1.29, 1.82) is 0 Å². The van der Waals surface area contributed by atoms with Crippen molar-refractivity contribution < 1.29 is 136 Å². The van der Waals surface area contributed by atoms with Crippen LogP contribution in [0.3, 0.4) is 0 Å². The zero-order valence-corrected chi connectivity index (χ0v) is 50.8. The summed E-state index contributed by atoms with van der Waals surface area (Å²) in [6, 6.07) is 0. The molecule has 86 heavy (non-hydrogen) atoms.